The lowest BCUT2D eigenvalue weighted by Gasteiger charge is -2.36. The SMILES string of the molecule is CSc1ccc(CN2CCN(c3cccc4c3C(=O)N(Cc3nc(-c5ccccc5)cs3)C4=O)CC2)cc1. The number of amides is 2. The number of rotatable bonds is 7. The van der Waals surface area contributed by atoms with Gasteiger partial charge in [-0.1, -0.05) is 48.5 Å². The monoisotopic (exact) mass is 540 g/mol. The van der Waals surface area contributed by atoms with Gasteiger partial charge >= 0.3 is 0 Å². The van der Waals surface area contributed by atoms with E-state index < -0.39 is 0 Å². The molecule has 0 N–H and O–H groups in total. The van der Waals surface area contributed by atoms with E-state index in [-0.39, 0.29) is 18.4 Å². The minimum absolute atomic E-state index is 0.187. The van der Waals surface area contributed by atoms with Crippen LogP contribution in [0.2, 0.25) is 0 Å². The Morgan fingerprint density at radius 3 is 2.34 bits per heavy atom. The fourth-order valence-electron chi connectivity index (χ4n) is 5.12. The molecule has 6 rings (SSSR count). The van der Waals surface area contributed by atoms with Gasteiger partial charge < -0.3 is 4.90 Å². The molecule has 2 amide bonds. The third-order valence-electron chi connectivity index (χ3n) is 7.17. The molecule has 192 valence electrons. The second-order valence-corrected chi connectivity index (χ2v) is 11.3. The number of hydrogen-bond acceptors (Lipinski definition) is 7. The maximum absolute atomic E-state index is 13.6. The lowest BCUT2D eigenvalue weighted by atomic mass is 10.1. The van der Waals surface area contributed by atoms with E-state index in [2.05, 4.69) is 40.3 Å². The van der Waals surface area contributed by atoms with Gasteiger partial charge in [0.25, 0.3) is 11.8 Å². The van der Waals surface area contributed by atoms with Gasteiger partial charge in [-0.3, -0.25) is 19.4 Å². The smallest absolute Gasteiger partial charge is 0.264 e. The molecule has 1 fully saturated rings. The van der Waals surface area contributed by atoms with E-state index in [4.69, 9.17) is 4.98 Å². The van der Waals surface area contributed by atoms with E-state index in [9.17, 15) is 9.59 Å². The molecule has 4 aromatic rings. The van der Waals surface area contributed by atoms with Crippen LogP contribution in [0.4, 0.5) is 5.69 Å². The van der Waals surface area contributed by atoms with Crippen molar-refractivity contribution in [3.63, 3.8) is 0 Å². The predicted molar refractivity (Wildman–Crippen MR) is 154 cm³/mol. The zero-order valence-electron chi connectivity index (χ0n) is 21.2. The largest absolute Gasteiger partial charge is 0.368 e. The Morgan fingerprint density at radius 1 is 0.842 bits per heavy atom. The van der Waals surface area contributed by atoms with Crippen molar-refractivity contribution in [3.8, 4) is 11.3 Å². The first-order valence-corrected chi connectivity index (χ1v) is 14.8. The molecule has 0 spiro atoms. The van der Waals surface area contributed by atoms with Crippen LogP contribution in [0.25, 0.3) is 11.3 Å². The predicted octanol–water partition coefficient (Wildman–Crippen LogP) is 5.65. The number of hydrogen-bond donors (Lipinski definition) is 0. The molecule has 6 nitrogen and oxygen atoms in total. The van der Waals surface area contributed by atoms with Crippen LogP contribution < -0.4 is 4.90 Å². The number of carbonyl (C=O) groups excluding carboxylic acids is 2. The van der Waals surface area contributed by atoms with Crippen LogP contribution in [0.15, 0.2) is 83.1 Å². The number of benzene rings is 3. The second kappa shape index (κ2) is 10.7. The highest BCUT2D eigenvalue weighted by molar-refractivity contribution is 7.98. The van der Waals surface area contributed by atoms with E-state index in [1.807, 2.05) is 47.8 Å². The number of piperazine rings is 1. The zero-order valence-corrected chi connectivity index (χ0v) is 22.8. The molecule has 2 aliphatic rings. The lowest BCUT2D eigenvalue weighted by Crippen LogP contribution is -2.46. The summed E-state index contributed by atoms with van der Waals surface area (Å²) in [6.07, 6.45) is 2.09. The number of nitrogens with zero attached hydrogens (tertiary/aromatic N) is 4. The van der Waals surface area contributed by atoms with E-state index in [0.717, 1.165) is 54.7 Å². The summed E-state index contributed by atoms with van der Waals surface area (Å²) >= 11 is 3.23. The molecule has 0 bridgehead atoms. The Kier molecular flexibility index (Phi) is 7.02. The normalized spacial score (nSPS) is 15.8. The van der Waals surface area contributed by atoms with Crippen LogP contribution in [-0.4, -0.2) is 59.0 Å². The first-order chi connectivity index (χ1) is 18.6. The third-order valence-corrected chi connectivity index (χ3v) is 8.75. The summed E-state index contributed by atoms with van der Waals surface area (Å²) in [4.78, 5) is 38.8. The maximum Gasteiger partial charge on any atom is 0.264 e. The zero-order chi connectivity index (χ0) is 26.1. The molecule has 3 heterocycles. The molecule has 3 aromatic carbocycles. The van der Waals surface area contributed by atoms with Gasteiger partial charge in [-0.15, -0.1) is 23.1 Å². The van der Waals surface area contributed by atoms with Crippen molar-refractivity contribution in [2.75, 3.05) is 37.3 Å². The average molecular weight is 541 g/mol. The number of fused-ring (bicyclic) bond motifs is 1. The molecule has 0 atom stereocenters. The van der Waals surface area contributed by atoms with Crippen LogP contribution in [0.5, 0.6) is 0 Å². The molecular formula is C30H28N4O2S2. The number of aromatic nitrogens is 1. The average Bonchev–Trinajstić information content (AvgIpc) is 3.53. The first kappa shape index (κ1) is 24.9. The van der Waals surface area contributed by atoms with Gasteiger partial charge in [0.2, 0.25) is 0 Å². The first-order valence-electron chi connectivity index (χ1n) is 12.7. The minimum Gasteiger partial charge on any atom is -0.368 e. The third kappa shape index (κ3) is 4.87. The Balaban J connectivity index is 1.14. The summed E-state index contributed by atoms with van der Waals surface area (Å²) in [5.41, 5.74) is 5.07. The molecule has 0 radical (unpaired) electrons. The van der Waals surface area contributed by atoms with Gasteiger partial charge in [-0.25, -0.2) is 4.98 Å². The number of imide groups is 1. The van der Waals surface area contributed by atoms with Gasteiger partial charge in [0.1, 0.15) is 5.01 Å². The van der Waals surface area contributed by atoms with Gasteiger partial charge in [0.15, 0.2) is 0 Å². The molecule has 0 unspecified atom stereocenters. The molecule has 1 saturated heterocycles. The Hall–Kier alpha value is -3.46. The van der Waals surface area contributed by atoms with Crippen LogP contribution in [-0.2, 0) is 13.1 Å². The van der Waals surface area contributed by atoms with Gasteiger partial charge in [-0.2, -0.15) is 0 Å². The number of thiazole rings is 1. The number of carbonyl (C=O) groups is 2. The van der Waals surface area contributed by atoms with Crippen molar-refractivity contribution in [3.05, 3.63) is 99.9 Å². The van der Waals surface area contributed by atoms with Gasteiger partial charge in [-0.05, 0) is 36.1 Å². The van der Waals surface area contributed by atoms with Crippen LogP contribution in [0.1, 0.15) is 31.3 Å². The molecule has 0 aliphatic carbocycles. The van der Waals surface area contributed by atoms with Crippen molar-refractivity contribution in [1.82, 2.24) is 14.8 Å². The highest BCUT2D eigenvalue weighted by Crippen LogP contribution is 2.34. The summed E-state index contributed by atoms with van der Waals surface area (Å²) in [6.45, 7) is 4.54. The van der Waals surface area contributed by atoms with E-state index in [1.165, 1.54) is 26.7 Å². The van der Waals surface area contributed by atoms with Crippen molar-refractivity contribution in [1.29, 1.82) is 0 Å². The van der Waals surface area contributed by atoms with Crippen molar-refractivity contribution in [2.45, 2.75) is 18.0 Å². The van der Waals surface area contributed by atoms with Gasteiger partial charge in [0.05, 0.1) is 29.1 Å². The Bertz CT molecular complexity index is 1460. The van der Waals surface area contributed by atoms with Crippen LogP contribution >= 0.6 is 23.1 Å². The molecule has 38 heavy (non-hydrogen) atoms. The molecule has 1 aromatic heterocycles. The highest BCUT2D eigenvalue weighted by atomic mass is 32.2. The summed E-state index contributed by atoms with van der Waals surface area (Å²) < 4.78 is 0. The molecule has 0 saturated carbocycles. The molecule has 8 heteroatoms. The van der Waals surface area contributed by atoms with Gasteiger partial charge in [0, 0.05) is 48.6 Å². The standard InChI is InChI=1S/C30H28N4O2S2/c1-37-23-12-10-21(11-13-23)18-32-14-16-33(17-15-32)26-9-5-8-24-28(26)30(36)34(29(24)35)19-27-31-25(20-38-27)22-6-3-2-4-7-22/h2-13,20H,14-19H2,1H3. The van der Waals surface area contributed by atoms with Crippen molar-refractivity contribution in [2.24, 2.45) is 0 Å². The minimum atomic E-state index is -0.240. The summed E-state index contributed by atoms with van der Waals surface area (Å²) in [7, 11) is 0. The maximum atomic E-state index is 13.6. The quantitative estimate of drug-likeness (QED) is 0.223. The topological polar surface area (TPSA) is 56.8 Å². The van der Waals surface area contributed by atoms with Crippen LogP contribution in [0.3, 0.4) is 0 Å². The molecule has 2 aliphatic heterocycles. The summed E-state index contributed by atoms with van der Waals surface area (Å²) in [6, 6.07) is 24.3. The lowest BCUT2D eigenvalue weighted by molar-refractivity contribution is 0.0642. The van der Waals surface area contributed by atoms with E-state index in [1.54, 1.807) is 17.8 Å². The van der Waals surface area contributed by atoms with Crippen LogP contribution in [0, 0.1) is 0 Å². The van der Waals surface area contributed by atoms with E-state index in [0.29, 0.717) is 11.1 Å². The summed E-state index contributed by atoms with van der Waals surface area (Å²) in [5.74, 6) is -0.469. The number of anilines is 1. The number of thioether (sulfide) groups is 1. The van der Waals surface area contributed by atoms with Crippen molar-refractivity contribution < 1.29 is 9.59 Å². The fraction of sp³-hybridized carbons (Fsp3) is 0.233. The second-order valence-electron chi connectivity index (χ2n) is 9.50. The van der Waals surface area contributed by atoms with E-state index >= 15 is 0 Å². The molecular weight excluding hydrogens is 512 g/mol. The highest BCUT2D eigenvalue weighted by Gasteiger charge is 2.39. The summed E-state index contributed by atoms with van der Waals surface area (Å²) in [5, 5.41) is 2.73. The van der Waals surface area contributed by atoms with Crippen molar-refractivity contribution >= 4 is 40.6 Å². The Labute approximate surface area is 230 Å². The Morgan fingerprint density at radius 2 is 1.61 bits per heavy atom. The fourth-order valence-corrected chi connectivity index (χ4v) is 6.32.